The smallest absolute Gasteiger partial charge is 0.279 e. The zero-order chi connectivity index (χ0) is 33.5. The molecule has 1 aromatic carbocycles. The fraction of sp³-hybridized carbons (Fsp3) is 0.485. The molecule has 1 atom stereocenters. The van der Waals surface area contributed by atoms with Crippen LogP contribution in [-0.2, 0) is 19.8 Å². The lowest BCUT2D eigenvalue weighted by molar-refractivity contribution is -0.128. The van der Waals surface area contributed by atoms with Crippen LogP contribution in [-0.4, -0.2) is 102 Å². The summed E-state index contributed by atoms with van der Waals surface area (Å²) in [6.45, 7) is 2.65. The maximum absolute atomic E-state index is 13.1. The predicted molar refractivity (Wildman–Crippen MR) is 176 cm³/mol. The Morgan fingerprint density at radius 3 is 2.50 bits per heavy atom. The number of hydrogen-bond acceptors (Lipinski definition) is 8. The molecule has 4 amide bonds. The molecule has 4 aliphatic rings. The fourth-order valence-electron chi connectivity index (χ4n) is 6.96. The van der Waals surface area contributed by atoms with Gasteiger partial charge in [0.2, 0.25) is 11.8 Å². The second-order valence-corrected chi connectivity index (χ2v) is 15.1. The van der Waals surface area contributed by atoms with Crippen LogP contribution in [0.15, 0.2) is 48.8 Å². The summed E-state index contributed by atoms with van der Waals surface area (Å²) in [6.07, 6.45) is 8.44. The number of nitrogens with zero attached hydrogens (tertiary/aromatic N) is 4. The van der Waals surface area contributed by atoms with Gasteiger partial charge in [-0.05, 0) is 75.9 Å². The Morgan fingerprint density at radius 1 is 0.958 bits per heavy atom. The topological polar surface area (TPSA) is 174 Å². The Labute approximate surface area is 278 Å². The van der Waals surface area contributed by atoms with E-state index in [2.05, 4.69) is 30.6 Å². The van der Waals surface area contributed by atoms with Crippen molar-refractivity contribution < 1.29 is 27.6 Å². The monoisotopic (exact) mass is 676 g/mol. The van der Waals surface area contributed by atoms with Crippen LogP contribution in [0.3, 0.4) is 0 Å². The van der Waals surface area contributed by atoms with E-state index in [4.69, 9.17) is 0 Å². The van der Waals surface area contributed by atoms with Gasteiger partial charge in [0, 0.05) is 68.2 Å². The normalized spacial score (nSPS) is 22.7. The largest absolute Gasteiger partial charge is 0.351 e. The summed E-state index contributed by atoms with van der Waals surface area (Å²) < 4.78 is 32.0. The van der Waals surface area contributed by atoms with E-state index < -0.39 is 15.6 Å². The van der Waals surface area contributed by atoms with E-state index in [0.29, 0.717) is 67.9 Å². The molecule has 0 bridgehead atoms. The minimum atomic E-state index is -3.79. The van der Waals surface area contributed by atoms with Crippen LogP contribution in [0.1, 0.15) is 65.7 Å². The van der Waals surface area contributed by atoms with Gasteiger partial charge in [0.15, 0.2) is 0 Å². The van der Waals surface area contributed by atoms with E-state index in [-0.39, 0.29) is 55.2 Å². The molecule has 1 unspecified atom stereocenters. The lowest BCUT2D eigenvalue weighted by Gasteiger charge is -2.33. The average molecular weight is 677 g/mol. The van der Waals surface area contributed by atoms with Crippen LogP contribution in [0.2, 0.25) is 0 Å². The molecule has 2 aromatic heterocycles. The highest BCUT2D eigenvalue weighted by Gasteiger charge is 2.53. The van der Waals surface area contributed by atoms with E-state index in [0.717, 1.165) is 24.8 Å². The average Bonchev–Trinajstić information content (AvgIpc) is 3.76. The van der Waals surface area contributed by atoms with Crippen molar-refractivity contribution in [3.8, 4) is 11.3 Å². The molecule has 4 N–H and O–H groups in total. The number of rotatable bonds is 10. The van der Waals surface area contributed by atoms with E-state index in [1.807, 2.05) is 28.8 Å². The van der Waals surface area contributed by atoms with Crippen molar-refractivity contribution in [3.63, 3.8) is 0 Å². The van der Waals surface area contributed by atoms with Crippen LogP contribution < -0.4 is 20.7 Å². The summed E-state index contributed by atoms with van der Waals surface area (Å²) in [5.41, 5.74) is 2.34. The Hall–Kier alpha value is -4.18. The quantitative estimate of drug-likeness (QED) is 0.231. The summed E-state index contributed by atoms with van der Waals surface area (Å²) in [5.74, 6) is -1.02. The maximum Gasteiger partial charge on any atom is 0.279 e. The number of likely N-dealkylation sites (tertiary alicyclic amines) is 1. The molecular formula is C33H40N8O6S. The number of benzene rings is 1. The Morgan fingerprint density at radius 2 is 1.77 bits per heavy atom. The van der Waals surface area contributed by atoms with Gasteiger partial charge in [0.25, 0.3) is 22.0 Å². The molecule has 48 heavy (non-hydrogen) atoms. The SMILES string of the molecule is O=C1CC2(CCN(S(=O)(=O)NC3CCN(CCNC(=O)c4cccc(-c5cn6cc(C(=O)NC7CCC7)ccc6n5)c4)CC3)C2)C(=O)N1. The van der Waals surface area contributed by atoms with Crippen molar-refractivity contribution in [2.45, 2.75) is 57.0 Å². The van der Waals surface area contributed by atoms with Crippen molar-refractivity contribution in [2.75, 3.05) is 39.3 Å². The van der Waals surface area contributed by atoms with Crippen molar-refractivity contribution in [1.29, 1.82) is 0 Å². The zero-order valence-electron chi connectivity index (χ0n) is 26.6. The summed E-state index contributed by atoms with van der Waals surface area (Å²) in [7, 11) is -3.79. The van der Waals surface area contributed by atoms with Crippen molar-refractivity contribution in [1.82, 2.24) is 39.3 Å². The second kappa shape index (κ2) is 13.0. The minimum Gasteiger partial charge on any atom is -0.351 e. The number of fused-ring (bicyclic) bond motifs is 1. The molecule has 1 saturated carbocycles. The van der Waals surface area contributed by atoms with Crippen LogP contribution in [0.4, 0.5) is 0 Å². The zero-order valence-corrected chi connectivity index (χ0v) is 27.4. The van der Waals surface area contributed by atoms with Crippen molar-refractivity contribution in [3.05, 3.63) is 59.9 Å². The molecule has 7 rings (SSSR count). The molecule has 1 aliphatic carbocycles. The number of aromatic nitrogens is 2. The Balaban J connectivity index is 0.872. The molecule has 3 saturated heterocycles. The first-order chi connectivity index (χ1) is 23.1. The summed E-state index contributed by atoms with van der Waals surface area (Å²) >= 11 is 0. The first-order valence-electron chi connectivity index (χ1n) is 16.6. The van der Waals surface area contributed by atoms with Gasteiger partial charge in [-0.15, -0.1) is 0 Å². The molecule has 0 radical (unpaired) electrons. The van der Waals surface area contributed by atoms with Gasteiger partial charge in [0.05, 0.1) is 16.7 Å². The van der Waals surface area contributed by atoms with E-state index >= 15 is 0 Å². The number of piperidine rings is 1. The molecule has 254 valence electrons. The van der Waals surface area contributed by atoms with Gasteiger partial charge in [0.1, 0.15) is 5.65 Å². The van der Waals surface area contributed by atoms with Gasteiger partial charge >= 0.3 is 0 Å². The molecule has 14 nitrogen and oxygen atoms in total. The first-order valence-corrected chi connectivity index (χ1v) is 18.0. The van der Waals surface area contributed by atoms with Crippen LogP contribution in [0.25, 0.3) is 16.9 Å². The fourth-order valence-corrected chi connectivity index (χ4v) is 8.51. The number of carbonyl (C=O) groups excluding carboxylic acids is 4. The molecule has 1 spiro atoms. The highest BCUT2D eigenvalue weighted by atomic mass is 32.2. The third kappa shape index (κ3) is 6.72. The van der Waals surface area contributed by atoms with E-state index in [1.54, 1.807) is 24.4 Å². The number of amides is 4. The van der Waals surface area contributed by atoms with Gasteiger partial charge in [-0.1, -0.05) is 12.1 Å². The Bertz CT molecular complexity index is 1870. The number of carbonyl (C=O) groups is 4. The van der Waals surface area contributed by atoms with Gasteiger partial charge in [-0.25, -0.2) is 4.98 Å². The lowest BCUT2D eigenvalue weighted by Crippen LogP contribution is -2.50. The van der Waals surface area contributed by atoms with Gasteiger partial charge < -0.3 is 19.9 Å². The van der Waals surface area contributed by atoms with Crippen molar-refractivity contribution in [2.24, 2.45) is 5.41 Å². The number of imidazole rings is 1. The molecule has 4 fully saturated rings. The minimum absolute atomic E-state index is 0.0155. The predicted octanol–water partition coefficient (Wildman–Crippen LogP) is 1.05. The van der Waals surface area contributed by atoms with Crippen LogP contribution >= 0.6 is 0 Å². The van der Waals surface area contributed by atoms with Gasteiger partial charge in [-0.2, -0.15) is 17.4 Å². The van der Waals surface area contributed by atoms with Gasteiger partial charge in [-0.3, -0.25) is 24.5 Å². The second-order valence-electron chi connectivity index (χ2n) is 13.4. The lowest BCUT2D eigenvalue weighted by atomic mass is 9.86. The first kappa shape index (κ1) is 32.4. The number of pyridine rings is 1. The molecule has 3 aliphatic heterocycles. The Kier molecular flexibility index (Phi) is 8.79. The summed E-state index contributed by atoms with van der Waals surface area (Å²) in [6, 6.07) is 10.9. The van der Waals surface area contributed by atoms with Crippen LogP contribution in [0.5, 0.6) is 0 Å². The number of imide groups is 1. The molecule has 3 aromatic rings. The summed E-state index contributed by atoms with van der Waals surface area (Å²) in [4.78, 5) is 56.5. The molecule has 15 heteroatoms. The molecule has 5 heterocycles. The van der Waals surface area contributed by atoms with E-state index in [9.17, 15) is 27.6 Å². The maximum atomic E-state index is 13.1. The third-order valence-corrected chi connectivity index (χ3v) is 11.7. The number of nitrogens with one attached hydrogen (secondary N) is 4. The van der Waals surface area contributed by atoms with Crippen LogP contribution in [0, 0.1) is 5.41 Å². The molecular weight excluding hydrogens is 636 g/mol. The highest BCUT2D eigenvalue weighted by molar-refractivity contribution is 7.87. The number of hydrogen-bond donors (Lipinski definition) is 4. The van der Waals surface area contributed by atoms with Crippen molar-refractivity contribution >= 4 is 39.5 Å². The highest BCUT2D eigenvalue weighted by Crippen LogP contribution is 2.38. The van der Waals surface area contributed by atoms with E-state index in [1.165, 1.54) is 4.31 Å². The third-order valence-electron chi connectivity index (χ3n) is 10.1. The standard InChI is InChI=1S/C33H40N8O6S/c42-29-18-33(32(45)37-29)11-15-41(21-33)48(46,47)38-26-9-13-39(14-10-26)16-12-34-30(43)23-4-1-3-22(17-23)27-20-40-19-24(7-8-28(40)36-27)31(44)35-25-5-2-6-25/h1,3-4,7-8,17,19-20,25-26,38H,2,5-6,9-16,18,21H2,(H,34,43)(H,35,44)(H,37,42,45). The summed E-state index contributed by atoms with van der Waals surface area (Å²) in [5, 5.41) is 8.35.